The largest absolute Gasteiger partial charge is 0.380 e. The van der Waals surface area contributed by atoms with Gasteiger partial charge in [-0.25, -0.2) is 15.8 Å². The van der Waals surface area contributed by atoms with Crippen molar-refractivity contribution in [2.75, 3.05) is 24.0 Å². The maximum Gasteiger partial charge on any atom is 0.148 e. The third kappa shape index (κ3) is 3.82. The number of nitrogens with two attached hydrogens (primary N) is 1. The normalized spacial score (nSPS) is 12.6. The number of nitrogens with one attached hydrogen (secondary N) is 2. The third-order valence-corrected chi connectivity index (χ3v) is 2.55. The van der Waals surface area contributed by atoms with Gasteiger partial charge in [-0.1, -0.05) is 13.8 Å². The van der Waals surface area contributed by atoms with Crippen molar-refractivity contribution < 1.29 is 4.74 Å². The predicted octanol–water partition coefficient (Wildman–Crippen LogP) is 1.72. The molecule has 0 aromatic carbocycles. The number of hydrogen-bond acceptors (Lipinski definition) is 6. The Morgan fingerprint density at radius 1 is 1.28 bits per heavy atom. The number of hydrazine groups is 1. The molecule has 102 valence electrons. The highest BCUT2D eigenvalue weighted by Crippen LogP contribution is 2.27. The van der Waals surface area contributed by atoms with Gasteiger partial charge < -0.3 is 15.5 Å². The highest BCUT2D eigenvalue weighted by atomic mass is 16.5. The van der Waals surface area contributed by atoms with Crippen LogP contribution in [0.4, 0.5) is 11.6 Å². The van der Waals surface area contributed by atoms with Crippen LogP contribution in [0.5, 0.6) is 0 Å². The summed E-state index contributed by atoms with van der Waals surface area (Å²) in [5.74, 6) is 7.22. The van der Waals surface area contributed by atoms with Crippen LogP contribution in [0.15, 0.2) is 6.33 Å². The predicted molar refractivity (Wildman–Crippen MR) is 73.5 cm³/mol. The fourth-order valence-electron chi connectivity index (χ4n) is 1.74. The Balaban J connectivity index is 2.87. The molecule has 4 N–H and O–H groups in total. The number of anilines is 2. The van der Waals surface area contributed by atoms with Gasteiger partial charge in [-0.05, 0) is 19.8 Å². The molecule has 1 heterocycles. The molecule has 1 aromatic heterocycles. The van der Waals surface area contributed by atoms with Crippen LogP contribution in [0, 0.1) is 0 Å². The molecule has 0 fully saturated rings. The van der Waals surface area contributed by atoms with Crippen molar-refractivity contribution >= 4 is 11.6 Å². The maximum absolute atomic E-state index is 5.48. The zero-order chi connectivity index (χ0) is 13.5. The van der Waals surface area contributed by atoms with Crippen molar-refractivity contribution in [3.05, 3.63) is 11.9 Å². The number of rotatable bonds is 7. The molecule has 0 amide bonds. The second-order valence-electron chi connectivity index (χ2n) is 4.49. The topological polar surface area (TPSA) is 85.1 Å². The van der Waals surface area contributed by atoms with E-state index in [4.69, 9.17) is 10.6 Å². The molecule has 1 rings (SSSR count). The summed E-state index contributed by atoms with van der Waals surface area (Å²) >= 11 is 0. The Labute approximate surface area is 108 Å². The first kappa shape index (κ1) is 14.7. The van der Waals surface area contributed by atoms with E-state index in [2.05, 4.69) is 41.5 Å². The van der Waals surface area contributed by atoms with E-state index in [9.17, 15) is 0 Å². The fourth-order valence-corrected chi connectivity index (χ4v) is 1.74. The van der Waals surface area contributed by atoms with E-state index >= 15 is 0 Å². The zero-order valence-corrected chi connectivity index (χ0v) is 11.5. The van der Waals surface area contributed by atoms with E-state index in [1.165, 1.54) is 6.33 Å². The second kappa shape index (κ2) is 7.13. The highest BCUT2D eigenvalue weighted by Gasteiger charge is 2.15. The molecule has 0 saturated heterocycles. The Morgan fingerprint density at radius 3 is 2.50 bits per heavy atom. The minimum atomic E-state index is 0.183. The molecule has 0 radical (unpaired) electrons. The first-order valence-corrected chi connectivity index (χ1v) is 6.25. The lowest BCUT2D eigenvalue weighted by atomic mass is 10.0. The van der Waals surface area contributed by atoms with Gasteiger partial charge >= 0.3 is 0 Å². The van der Waals surface area contributed by atoms with Crippen LogP contribution in [-0.2, 0) is 4.74 Å². The van der Waals surface area contributed by atoms with Crippen LogP contribution in [0.2, 0.25) is 0 Å². The van der Waals surface area contributed by atoms with Crippen LogP contribution in [0.25, 0.3) is 0 Å². The SMILES string of the molecule is CCOCC(C)Nc1ncnc(NN)c1C(C)C. The van der Waals surface area contributed by atoms with Crippen LogP contribution in [0.1, 0.15) is 39.2 Å². The van der Waals surface area contributed by atoms with Crippen LogP contribution in [-0.4, -0.2) is 29.2 Å². The number of nitrogen functional groups attached to an aromatic ring is 1. The summed E-state index contributed by atoms with van der Waals surface area (Å²) in [5, 5.41) is 3.33. The van der Waals surface area contributed by atoms with E-state index in [1.807, 2.05) is 6.92 Å². The molecule has 0 saturated carbocycles. The Morgan fingerprint density at radius 2 is 1.94 bits per heavy atom. The molecule has 1 unspecified atom stereocenters. The van der Waals surface area contributed by atoms with Gasteiger partial charge in [0.25, 0.3) is 0 Å². The van der Waals surface area contributed by atoms with Crippen molar-refractivity contribution in [2.45, 2.75) is 39.7 Å². The van der Waals surface area contributed by atoms with Crippen LogP contribution >= 0.6 is 0 Å². The van der Waals surface area contributed by atoms with E-state index in [0.717, 1.165) is 11.4 Å². The van der Waals surface area contributed by atoms with Gasteiger partial charge in [-0.3, -0.25) is 0 Å². The van der Waals surface area contributed by atoms with Crippen molar-refractivity contribution in [1.82, 2.24) is 9.97 Å². The van der Waals surface area contributed by atoms with Crippen LogP contribution < -0.4 is 16.6 Å². The van der Waals surface area contributed by atoms with Gasteiger partial charge in [0.05, 0.1) is 6.61 Å². The summed E-state index contributed by atoms with van der Waals surface area (Å²) in [4.78, 5) is 8.41. The average molecular weight is 253 g/mol. The fraction of sp³-hybridized carbons (Fsp3) is 0.667. The molecule has 1 aromatic rings. The molecule has 6 heteroatoms. The van der Waals surface area contributed by atoms with Crippen LogP contribution in [0.3, 0.4) is 0 Å². The first-order chi connectivity index (χ1) is 8.60. The van der Waals surface area contributed by atoms with Crippen molar-refractivity contribution in [2.24, 2.45) is 5.84 Å². The number of aromatic nitrogens is 2. The molecule has 1 atom stereocenters. The minimum Gasteiger partial charge on any atom is -0.380 e. The number of hydrogen-bond donors (Lipinski definition) is 3. The van der Waals surface area contributed by atoms with E-state index in [-0.39, 0.29) is 12.0 Å². The molecule has 0 aliphatic heterocycles. The molecule has 0 spiro atoms. The zero-order valence-electron chi connectivity index (χ0n) is 11.5. The monoisotopic (exact) mass is 253 g/mol. The van der Waals surface area contributed by atoms with Gasteiger partial charge in [-0.15, -0.1) is 0 Å². The van der Waals surface area contributed by atoms with E-state index in [1.54, 1.807) is 0 Å². The lowest BCUT2D eigenvalue weighted by molar-refractivity contribution is 0.141. The quantitative estimate of drug-likeness (QED) is 0.507. The average Bonchev–Trinajstić information content (AvgIpc) is 2.35. The Hall–Kier alpha value is -1.40. The molecule has 0 aliphatic carbocycles. The summed E-state index contributed by atoms with van der Waals surface area (Å²) in [6.07, 6.45) is 1.50. The van der Waals surface area contributed by atoms with Gasteiger partial charge in [0.1, 0.15) is 18.0 Å². The Kier molecular flexibility index (Phi) is 5.80. The van der Waals surface area contributed by atoms with Gasteiger partial charge in [0.2, 0.25) is 0 Å². The van der Waals surface area contributed by atoms with Gasteiger partial charge in [0, 0.05) is 18.2 Å². The standard InChI is InChI=1S/C12H23N5O/c1-5-18-6-9(4)16-11-10(8(2)3)12(17-13)15-7-14-11/h7-9H,5-6,13H2,1-4H3,(H2,14,15,16,17). The summed E-state index contributed by atoms with van der Waals surface area (Å²) in [6.45, 7) is 9.55. The maximum atomic E-state index is 5.48. The lowest BCUT2D eigenvalue weighted by Gasteiger charge is -2.20. The summed E-state index contributed by atoms with van der Waals surface area (Å²) in [5.41, 5.74) is 3.60. The van der Waals surface area contributed by atoms with Crippen molar-refractivity contribution in [3.8, 4) is 0 Å². The summed E-state index contributed by atoms with van der Waals surface area (Å²) < 4.78 is 5.38. The number of nitrogens with zero attached hydrogens (tertiary/aromatic N) is 2. The first-order valence-electron chi connectivity index (χ1n) is 6.25. The second-order valence-corrected chi connectivity index (χ2v) is 4.49. The molecular formula is C12H23N5O. The molecule has 6 nitrogen and oxygen atoms in total. The van der Waals surface area contributed by atoms with Gasteiger partial charge in [0.15, 0.2) is 0 Å². The highest BCUT2D eigenvalue weighted by molar-refractivity contribution is 5.58. The van der Waals surface area contributed by atoms with E-state index in [0.29, 0.717) is 19.0 Å². The van der Waals surface area contributed by atoms with Gasteiger partial charge in [-0.2, -0.15) is 0 Å². The minimum absolute atomic E-state index is 0.183. The molecule has 18 heavy (non-hydrogen) atoms. The smallest absolute Gasteiger partial charge is 0.148 e. The third-order valence-electron chi connectivity index (χ3n) is 2.55. The molecule has 0 aliphatic rings. The molecular weight excluding hydrogens is 230 g/mol. The van der Waals surface area contributed by atoms with E-state index < -0.39 is 0 Å². The van der Waals surface area contributed by atoms with Crippen molar-refractivity contribution in [1.29, 1.82) is 0 Å². The number of ether oxygens (including phenoxy) is 1. The Bertz CT molecular complexity index is 369. The lowest BCUT2D eigenvalue weighted by Crippen LogP contribution is -2.24. The molecule has 0 bridgehead atoms. The summed E-state index contributed by atoms with van der Waals surface area (Å²) in [7, 11) is 0. The van der Waals surface area contributed by atoms with Crippen molar-refractivity contribution in [3.63, 3.8) is 0 Å². The summed E-state index contributed by atoms with van der Waals surface area (Å²) in [6, 6.07) is 0.183.